The Labute approximate surface area is 179 Å². The Morgan fingerprint density at radius 2 is 1.81 bits per heavy atom. The highest BCUT2D eigenvalue weighted by molar-refractivity contribution is 5.61. The minimum atomic E-state index is -1.16. The van der Waals surface area contributed by atoms with E-state index < -0.39 is 12.5 Å². The zero-order chi connectivity index (χ0) is 22.4. The lowest BCUT2D eigenvalue weighted by Crippen LogP contribution is -2.17. The molecule has 0 spiro atoms. The van der Waals surface area contributed by atoms with Crippen molar-refractivity contribution in [3.63, 3.8) is 0 Å². The van der Waals surface area contributed by atoms with Crippen LogP contribution in [0.1, 0.15) is 25.0 Å². The number of hydrogen-bond donors (Lipinski definition) is 2. The summed E-state index contributed by atoms with van der Waals surface area (Å²) in [5.41, 5.74) is 0.897. The van der Waals surface area contributed by atoms with Crippen molar-refractivity contribution < 1.29 is 23.4 Å². The summed E-state index contributed by atoms with van der Waals surface area (Å²) < 4.78 is 36.0. The predicted octanol–water partition coefficient (Wildman–Crippen LogP) is 3.87. The topological polar surface area (TPSA) is 89.4 Å². The first-order chi connectivity index (χ1) is 14.8. The van der Waals surface area contributed by atoms with Crippen molar-refractivity contribution in [2.45, 2.75) is 25.9 Å². The lowest BCUT2D eigenvalue weighted by atomic mass is 9.95. The Balaban J connectivity index is 1.86. The number of anilines is 1. The molecule has 3 rings (SSSR count). The largest absolute Gasteiger partial charge is 0.496 e. The number of rotatable bonds is 9. The molecule has 1 aromatic heterocycles. The van der Waals surface area contributed by atoms with Crippen molar-refractivity contribution in [2.24, 2.45) is 0 Å². The van der Waals surface area contributed by atoms with Crippen molar-refractivity contribution in [1.82, 2.24) is 15.0 Å². The Kier molecular flexibility index (Phi) is 6.96. The van der Waals surface area contributed by atoms with Crippen LogP contribution in [0, 0.1) is 5.82 Å². The van der Waals surface area contributed by atoms with Gasteiger partial charge in [-0.25, -0.2) is 8.78 Å². The number of aliphatic hydroxyl groups is 1. The van der Waals surface area contributed by atoms with Crippen LogP contribution in [-0.2, 0) is 12.0 Å². The van der Waals surface area contributed by atoms with Crippen LogP contribution < -0.4 is 14.8 Å². The molecule has 0 unspecified atom stereocenters. The molecule has 0 atom stereocenters. The Morgan fingerprint density at radius 3 is 2.45 bits per heavy atom. The summed E-state index contributed by atoms with van der Waals surface area (Å²) in [6.45, 7) is 2.65. The van der Waals surface area contributed by atoms with E-state index in [4.69, 9.17) is 9.47 Å². The molecule has 2 aromatic carbocycles. The van der Waals surface area contributed by atoms with Crippen molar-refractivity contribution in [1.29, 1.82) is 0 Å². The SMILES string of the molecule is COc1ccc(-c2nc(NCCc3ccc(F)cc3)nc(OCF)n2)cc1C(C)(C)O. The van der Waals surface area contributed by atoms with Gasteiger partial charge in [0.05, 0.1) is 12.7 Å². The molecule has 164 valence electrons. The normalized spacial score (nSPS) is 11.3. The maximum Gasteiger partial charge on any atom is 0.324 e. The molecule has 0 aliphatic carbocycles. The second-order valence-corrected chi connectivity index (χ2v) is 7.30. The van der Waals surface area contributed by atoms with Crippen LogP contribution in [0.2, 0.25) is 0 Å². The monoisotopic (exact) mass is 430 g/mol. The zero-order valence-electron chi connectivity index (χ0n) is 17.5. The van der Waals surface area contributed by atoms with E-state index in [0.29, 0.717) is 29.8 Å². The number of benzene rings is 2. The summed E-state index contributed by atoms with van der Waals surface area (Å²) in [5, 5.41) is 13.5. The number of aromatic nitrogens is 3. The average molecular weight is 430 g/mol. The highest BCUT2D eigenvalue weighted by atomic mass is 19.1. The summed E-state index contributed by atoms with van der Waals surface area (Å²) in [4.78, 5) is 12.6. The standard InChI is InChI=1S/C22H24F2N4O3/c1-22(2,29)17-12-15(6-9-18(17)30-3)19-26-20(28-21(27-19)31-13-23)25-11-10-14-4-7-16(24)8-5-14/h4-9,12,29H,10-11,13H2,1-3H3,(H,25,26,27,28). The van der Waals surface area contributed by atoms with Gasteiger partial charge in [0.15, 0.2) is 5.82 Å². The fourth-order valence-corrected chi connectivity index (χ4v) is 2.97. The zero-order valence-corrected chi connectivity index (χ0v) is 17.5. The van der Waals surface area contributed by atoms with E-state index in [1.165, 1.54) is 19.2 Å². The molecule has 7 nitrogen and oxygen atoms in total. The smallest absolute Gasteiger partial charge is 0.324 e. The summed E-state index contributed by atoms with van der Waals surface area (Å²) in [5.74, 6) is 0.673. The molecule has 0 fully saturated rings. The Bertz CT molecular complexity index is 1020. The first kappa shape index (κ1) is 22.4. The van der Waals surface area contributed by atoms with E-state index in [0.717, 1.165) is 5.56 Å². The van der Waals surface area contributed by atoms with Crippen LogP contribution in [0.25, 0.3) is 11.4 Å². The lowest BCUT2D eigenvalue weighted by Gasteiger charge is -2.21. The predicted molar refractivity (Wildman–Crippen MR) is 112 cm³/mol. The van der Waals surface area contributed by atoms with Crippen molar-refractivity contribution >= 4 is 5.95 Å². The summed E-state index contributed by atoms with van der Waals surface area (Å²) in [6, 6.07) is 11.1. The number of nitrogens with zero attached hydrogens (tertiary/aromatic N) is 3. The van der Waals surface area contributed by atoms with E-state index in [2.05, 4.69) is 20.3 Å². The van der Waals surface area contributed by atoms with Gasteiger partial charge in [0, 0.05) is 17.7 Å². The summed E-state index contributed by atoms with van der Waals surface area (Å²) in [6.07, 6.45) is 0.603. The highest BCUT2D eigenvalue weighted by Crippen LogP contribution is 2.33. The third kappa shape index (κ3) is 5.85. The van der Waals surface area contributed by atoms with Crippen LogP contribution in [0.15, 0.2) is 42.5 Å². The third-order valence-corrected chi connectivity index (χ3v) is 4.53. The van der Waals surface area contributed by atoms with E-state index in [1.807, 2.05) is 0 Å². The maximum absolute atomic E-state index is 13.0. The van der Waals surface area contributed by atoms with E-state index in [1.54, 1.807) is 44.2 Å². The van der Waals surface area contributed by atoms with Gasteiger partial charge in [-0.2, -0.15) is 15.0 Å². The minimum Gasteiger partial charge on any atom is -0.496 e. The van der Waals surface area contributed by atoms with Crippen LogP contribution in [0.4, 0.5) is 14.7 Å². The second kappa shape index (κ2) is 9.65. The number of ether oxygens (including phenoxy) is 2. The van der Waals surface area contributed by atoms with Crippen molar-refractivity contribution in [2.75, 3.05) is 25.8 Å². The third-order valence-electron chi connectivity index (χ3n) is 4.53. The molecule has 0 amide bonds. The van der Waals surface area contributed by atoms with Crippen LogP contribution >= 0.6 is 0 Å². The number of methoxy groups -OCH3 is 1. The lowest BCUT2D eigenvalue weighted by molar-refractivity contribution is 0.0757. The van der Waals surface area contributed by atoms with Gasteiger partial charge in [0.1, 0.15) is 11.6 Å². The van der Waals surface area contributed by atoms with Gasteiger partial charge >= 0.3 is 6.01 Å². The quantitative estimate of drug-likeness (QED) is 0.533. The van der Waals surface area contributed by atoms with E-state index >= 15 is 0 Å². The van der Waals surface area contributed by atoms with Gasteiger partial charge in [-0.1, -0.05) is 12.1 Å². The molecule has 0 bridgehead atoms. The molecular formula is C22H24F2N4O3. The van der Waals surface area contributed by atoms with Gasteiger partial charge in [0.25, 0.3) is 0 Å². The molecular weight excluding hydrogens is 406 g/mol. The molecule has 3 aromatic rings. The molecule has 0 saturated carbocycles. The van der Waals surface area contributed by atoms with Gasteiger partial charge in [-0.3, -0.25) is 0 Å². The van der Waals surface area contributed by atoms with Gasteiger partial charge in [-0.05, 0) is 56.2 Å². The minimum absolute atomic E-state index is 0.169. The molecule has 2 N–H and O–H groups in total. The highest BCUT2D eigenvalue weighted by Gasteiger charge is 2.22. The van der Waals surface area contributed by atoms with Gasteiger partial charge < -0.3 is 19.9 Å². The first-order valence-corrected chi connectivity index (χ1v) is 9.64. The summed E-state index contributed by atoms with van der Waals surface area (Å²) >= 11 is 0. The van der Waals surface area contributed by atoms with E-state index in [-0.39, 0.29) is 23.6 Å². The van der Waals surface area contributed by atoms with Crippen LogP contribution in [-0.4, -0.2) is 40.6 Å². The van der Waals surface area contributed by atoms with Crippen molar-refractivity contribution in [3.05, 3.63) is 59.4 Å². The second-order valence-electron chi connectivity index (χ2n) is 7.30. The van der Waals surface area contributed by atoms with E-state index in [9.17, 15) is 13.9 Å². The fraction of sp³-hybridized carbons (Fsp3) is 0.318. The Hall–Kier alpha value is -3.33. The number of nitrogens with one attached hydrogen (secondary N) is 1. The molecule has 0 aliphatic rings. The number of hydrogen-bond acceptors (Lipinski definition) is 7. The molecule has 0 radical (unpaired) electrons. The van der Waals surface area contributed by atoms with Crippen LogP contribution in [0.5, 0.6) is 11.8 Å². The molecule has 1 heterocycles. The molecule has 31 heavy (non-hydrogen) atoms. The molecule has 9 heteroatoms. The number of alkyl halides is 1. The maximum atomic E-state index is 13.0. The van der Waals surface area contributed by atoms with Gasteiger partial charge in [0.2, 0.25) is 12.8 Å². The number of halogens is 2. The first-order valence-electron chi connectivity index (χ1n) is 9.64. The van der Waals surface area contributed by atoms with Crippen LogP contribution in [0.3, 0.4) is 0 Å². The average Bonchev–Trinajstić information content (AvgIpc) is 2.74. The summed E-state index contributed by atoms with van der Waals surface area (Å²) in [7, 11) is 1.52. The fourth-order valence-electron chi connectivity index (χ4n) is 2.97. The Morgan fingerprint density at radius 1 is 1.06 bits per heavy atom. The van der Waals surface area contributed by atoms with Gasteiger partial charge in [-0.15, -0.1) is 0 Å². The molecule has 0 aliphatic heterocycles. The van der Waals surface area contributed by atoms with Crippen molar-refractivity contribution in [3.8, 4) is 23.1 Å². The molecule has 0 saturated heterocycles.